The van der Waals surface area contributed by atoms with Crippen LogP contribution in [0.2, 0.25) is 0 Å². The molecule has 0 bridgehead atoms. The highest BCUT2D eigenvalue weighted by molar-refractivity contribution is 14.1. The Labute approximate surface area is 120 Å². The molecule has 1 aromatic rings. The van der Waals surface area contributed by atoms with E-state index in [1.54, 1.807) is 0 Å². The van der Waals surface area contributed by atoms with Gasteiger partial charge in [-0.25, -0.2) is 0 Å². The summed E-state index contributed by atoms with van der Waals surface area (Å²) in [5.74, 6) is 0.789. The average molecular weight is 340 g/mol. The number of hydrogen-bond acceptors (Lipinski definition) is 1. The Bertz CT molecular complexity index is 397. The molecule has 0 amide bonds. The third kappa shape index (κ3) is 3.67. The van der Waals surface area contributed by atoms with Crippen molar-refractivity contribution in [2.75, 3.05) is 0 Å². The first-order valence-electron chi connectivity index (χ1n) is 5.91. The summed E-state index contributed by atoms with van der Waals surface area (Å²) in [5.41, 5.74) is 3.17. The Morgan fingerprint density at radius 1 is 1.24 bits per heavy atom. The number of benzene rings is 1. The van der Waals surface area contributed by atoms with E-state index in [2.05, 4.69) is 76.3 Å². The monoisotopic (exact) mass is 340 g/mol. The van der Waals surface area contributed by atoms with Crippen molar-refractivity contribution >= 4 is 40.0 Å². The summed E-state index contributed by atoms with van der Waals surface area (Å²) < 4.78 is 0. The van der Waals surface area contributed by atoms with Crippen LogP contribution in [0.5, 0.6) is 5.75 Å². The average Bonchev–Trinajstić information content (AvgIpc) is 2.18. The summed E-state index contributed by atoms with van der Waals surface area (Å²) in [6.07, 6.45) is 0. The van der Waals surface area contributed by atoms with Crippen LogP contribution >= 0.6 is 22.4 Å². The van der Waals surface area contributed by atoms with Gasteiger partial charge in [-0.1, -0.05) is 52.2 Å². The van der Waals surface area contributed by atoms with Crippen molar-refractivity contribution in [2.45, 2.75) is 46.0 Å². The van der Waals surface area contributed by atoms with Gasteiger partial charge in [0, 0.05) is 0 Å². The SMILES string of the molecule is CC(C)c1cc([B][B]I)cc(C(C)(C)C)c1O. The zero-order valence-corrected chi connectivity index (χ0v) is 13.4. The molecule has 0 unspecified atom stereocenters. The van der Waals surface area contributed by atoms with E-state index in [9.17, 15) is 5.11 Å². The van der Waals surface area contributed by atoms with Crippen molar-refractivity contribution in [1.82, 2.24) is 0 Å². The van der Waals surface area contributed by atoms with Crippen molar-refractivity contribution in [3.05, 3.63) is 23.3 Å². The predicted octanol–water partition coefficient (Wildman–Crippen LogP) is 3.11. The lowest BCUT2D eigenvalue weighted by Crippen LogP contribution is -2.23. The first-order chi connectivity index (χ1) is 7.77. The maximum atomic E-state index is 10.4. The molecule has 1 rings (SSSR count). The van der Waals surface area contributed by atoms with Gasteiger partial charge in [-0.05, 0) is 22.5 Å². The van der Waals surface area contributed by atoms with E-state index < -0.39 is 0 Å². The van der Waals surface area contributed by atoms with E-state index in [1.165, 1.54) is 0 Å². The van der Waals surface area contributed by atoms with E-state index in [0.29, 0.717) is 11.7 Å². The maximum absolute atomic E-state index is 10.4. The summed E-state index contributed by atoms with van der Waals surface area (Å²) >= 11 is 2.22. The molecule has 0 atom stereocenters. The van der Waals surface area contributed by atoms with Gasteiger partial charge in [0.15, 0.2) is 5.03 Å². The van der Waals surface area contributed by atoms with Gasteiger partial charge >= 0.3 is 0 Å². The molecule has 0 spiro atoms. The van der Waals surface area contributed by atoms with Crippen LogP contribution in [0.4, 0.5) is 0 Å². The molecule has 0 heterocycles. The van der Waals surface area contributed by atoms with Gasteiger partial charge in [-0.2, -0.15) is 22.4 Å². The second-order valence-corrected chi connectivity index (χ2v) is 6.42. The molecule has 1 N–H and O–H groups in total. The van der Waals surface area contributed by atoms with E-state index in [1.807, 2.05) is 5.03 Å². The lowest BCUT2D eigenvalue weighted by Gasteiger charge is -2.24. The first kappa shape index (κ1) is 14.9. The van der Waals surface area contributed by atoms with Crippen LogP contribution in [0.25, 0.3) is 0 Å². The highest BCUT2D eigenvalue weighted by Crippen LogP contribution is 2.35. The fourth-order valence-electron chi connectivity index (χ4n) is 1.86. The van der Waals surface area contributed by atoms with Crippen LogP contribution in [0.3, 0.4) is 0 Å². The summed E-state index contributed by atoms with van der Waals surface area (Å²) in [7, 11) is 2.07. The topological polar surface area (TPSA) is 20.2 Å². The van der Waals surface area contributed by atoms with Gasteiger partial charge < -0.3 is 5.11 Å². The molecule has 4 heteroatoms. The van der Waals surface area contributed by atoms with Crippen LogP contribution in [0.1, 0.15) is 51.7 Å². The van der Waals surface area contributed by atoms with Crippen molar-refractivity contribution in [3.8, 4) is 5.75 Å². The minimum Gasteiger partial charge on any atom is -0.507 e. The van der Waals surface area contributed by atoms with Gasteiger partial charge in [-0.15, -0.1) is 0 Å². The molecular formula is C13H19B2IO. The van der Waals surface area contributed by atoms with E-state index in [0.717, 1.165) is 16.6 Å². The molecule has 0 aliphatic heterocycles. The van der Waals surface area contributed by atoms with E-state index in [-0.39, 0.29) is 5.41 Å². The molecule has 1 aromatic carbocycles. The zero-order chi connectivity index (χ0) is 13.2. The van der Waals surface area contributed by atoms with Crippen molar-refractivity contribution in [3.63, 3.8) is 0 Å². The largest absolute Gasteiger partial charge is 0.507 e. The molecule has 0 aromatic heterocycles. The summed E-state index contributed by atoms with van der Waals surface area (Å²) in [4.78, 5) is 0. The molecule has 0 fully saturated rings. The molecule has 17 heavy (non-hydrogen) atoms. The number of aromatic hydroxyl groups is 1. The van der Waals surface area contributed by atoms with Crippen molar-refractivity contribution in [1.29, 1.82) is 0 Å². The zero-order valence-electron chi connectivity index (χ0n) is 11.2. The normalized spacial score (nSPS) is 11.7. The van der Waals surface area contributed by atoms with Gasteiger partial charge in [0.05, 0.1) is 0 Å². The van der Waals surface area contributed by atoms with Crippen LogP contribution in [-0.4, -0.2) is 17.3 Å². The Kier molecular flexibility index (Phi) is 4.99. The number of rotatable bonds is 3. The van der Waals surface area contributed by atoms with Gasteiger partial charge in [-0.3, -0.25) is 0 Å². The minimum atomic E-state index is -0.0388. The lowest BCUT2D eigenvalue weighted by molar-refractivity contribution is 0.438. The van der Waals surface area contributed by atoms with E-state index >= 15 is 0 Å². The molecular weight excluding hydrogens is 321 g/mol. The number of hydrogen-bond donors (Lipinski definition) is 1. The number of phenolic OH excluding ortho intramolecular Hbond substituents is 1. The third-order valence-electron chi connectivity index (χ3n) is 2.85. The summed E-state index contributed by atoms with van der Waals surface area (Å²) in [6.45, 7) is 10.6. The quantitative estimate of drug-likeness (QED) is 0.662. The van der Waals surface area contributed by atoms with Gasteiger partial charge in [0.1, 0.15) is 12.9 Å². The third-order valence-corrected chi connectivity index (χ3v) is 3.21. The van der Waals surface area contributed by atoms with Crippen LogP contribution in [0.15, 0.2) is 12.1 Å². The van der Waals surface area contributed by atoms with Crippen LogP contribution < -0.4 is 5.46 Å². The standard InChI is InChI=1S/C13H19B2IO/c1-8(2)10-6-9(14-15-16)7-11(12(10)17)13(3,4)5/h6-8,17H,1-5H3. The maximum Gasteiger partial charge on any atom is 0.160 e. The van der Waals surface area contributed by atoms with Crippen LogP contribution in [-0.2, 0) is 5.41 Å². The second kappa shape index (κ2) is 5.68. The first-order valence-corrected chi connectivity index (χ1v) is 7.16. The Hall–Kier alpha value is -0.120. The number of phenols is 1. The van der Waals surface area contributed by atoms with Crippen LogP contribution in [0, 0.1) is 0 Å². The number of halogens is 1. The molecule has 1 nitrogen and oxygen atoms in total. The predicted molar refractivity (Wildman–Crippen MR) is 86.1 cm³/mol. The van der Waals surface area contributed by atoms with Crippen molar-refractivity contribution in [2.24, 2.45) is 0 Å². The Morgan fingerprint density at radius 3 is 2.24 bits per heavy atom. The molecule has 0 saturated carbocycles. The molecule has 0 saturated heterocycles. The minimum absolute atomic E-state index is 0.0388. The fraction of sp³-hybridized carbons (Fsp3) is 0.538. The smallest absolute Gasteiger partial charge is 0.160 e. The molecule has 90 valence electrons. The molecule has 0 aliphatic carbocycles. The Morgan fingerprint density at radius 2 is 1.82 bits per heavy atom. The highest BCUT2D eigenvalue weighted by atomic mass is 127. The lowest BCUT2D eigenvalue weighted by atomic mass is 9.50. The van der Waals surface area contributed by atoms with E-state index in [4.69, 9.17) is 0 Å². The van der Waals surface area contributed by atoms with Gasteiger partial charge in [0.2, 0.25) is 0 Å². The summed E-state index contributed by atoms with van der Waals surface area (Å²) in [6, 6.07) is 4.15. The highest BCUT2D eigenvalue weighted by Gasteiger charge is 2.22. The second-order valence-electron chi connectivity index (χ2n) is 5.70. The van der Waals surface area contributed by atoms with Crippen molar-refractivity contribution < 1.29 is 5.11 Å². The molecule has 0 aliphatic rings. The summed E-state index contributed by atoms with van der Waals surface area (Å²) in [5, 5.41) is 12.4. The van der Waals surface area contributed by atoms with Gasteiger partial charge in [0.25, 0.3) is 0 Å². The molecule has 2 radical (unpaired) electrons. The fourth-order valence-corrected chi connectivity index (χ4v) is 2.28. The Balaban J connectivity index is 3.38.